The molecule has 160 valence electrons. The second kappa shape index (κ2) is 8.14. The fourth-order valence-electron chi connectivity index (χ4n) is 4.73. The molecular formula is C23H23ClF3NO2. The zero-order chi connectivity index (χ0) is 21.5. The van der Waals surface area contributed by atoms with Gasteiger partial charge < -0.3 is 10.1 Å². The van der Waals surface area contributed by atoms with Crippen molar-refractivity contribution in [3.05, 3.63) is 62.9 Å². The van der Waals surface area contributed by atoms with Crippen LogP contribution in [0.2, 0.25) is 5.02 Å². The van der Waals surface area contributed by atoms with Gasteiger partial charge in [-0.15, -0.1) is 0 Å². The maximum absolute atomic E-state index is 13.6. The Kier molecular flexibility index (Phi) is 5.71. The number of nitrogens with one attached hydrogen (secondary N) is 1. The van der Waals surface area contributed by atoms with Crippen LogP contribution in [0.1, 0.15) is 65.7 Å². The Morgan fingerprint density at radius 3 is 2.63 bits per heavy atom. The van der Waals surface area contributed by atoms with Crippen LogP contribution in [0, 0.1) is 5.92 Å². The van der Waals surface area contributed by atoms with Crippen molar-refractivity contribution in [2.75, 3.05) is 0 Å². The lowest BCUT2D eigenvalue weighted by atomic mass is 9.82. The Bertz CT molecular complexity index is 1010. The van der Waals surface area contributed by atoms with Crippen LogP contribution in [0.15, 0.2) is 24.3 Å². The van der Waals surface area contributed by atoms with Crippen molar-refractivity contribution < 1.29 is 23.1 Å². The average Bonchev–Trinajstić information content (AvgIpc) is 3.06. The molecule has 3 nitrogen and oxygen atoms in total. The highest BCUT2D eigenvalue weighted by Gasteiger charge is 2.35. The van der Waals surface area contributed by atoms with E-state index in [9.17, 15) is 23.1 Å². The van der Waals surface area contributed by atoms with E-state index in [0.717, 1.165) is 54.3 Å². The third-order valence-corrected chi connectivity index (χ3v) is 6.59. The van der Waals surface area contributed by atoms with Gasteiger partial charge in [-0.1, -0.05) is 23.7 Å². The van der Waals surface area contributed by atoms with Gasteiger partial charge in [-0.05, 0) is 73.8 Å². The Hall–Kier alpha value is -2.21. The number of aromatic amines is 1. The number of rotatable bonds is 4. The fraction of sp³-hybridized carbons (Fsp3) is 0.435. The first-order valence-corrected chi connectivity index (χ1v) is 10.6. The maximum atomic E-state index is 13.6. The molecule has 2 aliphatic rings. The summed E-state index contributed by atoms with van der Waals surface area (Å²) in [7, 11) is 0. The number of hydrogen-bond acceptors (Lipinski definition) is 1. The number of aryl methyl sites for hydroxylation is 1. The molecule has 0 saturated heterocycles. The van der Waals surface area contributed by atoms with Crippen molar-refractivity contribution in [2.24, 2.45) is 5.92 Å². The molecule has 0 aliphatic heterocycles. The van der Waals surface area contributed by atoms with E-state index in [1.54, 1.807) is 0 Å². The van der Waals surface area contributed by atoms with Crippen LogP contribution >= 0.6 is 11.6 Å². The largest absolute Gasteiger partial charge is 0.481 e. The lowest BCUT2D eigenvalue weighted by Gasteiger charge is -2.22. The predicted octanol–water partition coefficient (Wildman–Crippen LogP) is 6.42. The highest BCUT2D eigenvalue weighted by molar-refractivity contribution is 6.31. The van der Waals surface area contributed by atoms with Gasteiger partial charge in [0.2, 0.25) is 0 Å². The van der Waals surface area contributed by atoms with E-state index in [-0.39, 0.29) is 17.0 Å². The molecule has 30 heavy (non-hydrogen) atoms. The summed E-state index contributed by atoms with van der Waals surface area (Å²) >= 11 is 6.21. The Morgan fingerprint density at radius 2 is 1.97 bits per heavy atom. The summed E-state index contributed by atoms with van der Waals surface area (Å²) in [5.74, 6) is -1.19. The van der Waals surface area contributed by atoms with Crippen LogP contribution in [0.4, 0.5) is 13.2 Å². The molecule has 2 aliphatic carbocycles. The summed E-state index contributed by atoms with van der Waals surface area (Å²) in [6.07, 6.45) is 3.00. The normalized spacial score (nSPS) is 19.3. The summed E-state index contributed by atoms with van der Waals surface area (Å²) in [6, 6.07) is 3.89. The summed E-state index contributed by atoms with van der Waals surface area (Å²) in [4.78, 5) is 14.7. The summed E-state index contributed by atoms with van der Waals surface area (Å²) < 4.78 is 40.8. The lowest BCUT2D eigenvalue weighted by molar-refractivity contribution is -0.142. The van der Waals surface area contributed by atoms with Gasteiger partial charge in [0.25, 0.3) is 0 Å². The van der Waals surface area contributed by atoms with Gasteiger partial charge in [0.05, 0.1) is 11.5 Å². The van der Waals surface area contributed by atoms with E-state index in [1.807, 2.05) is 6.08 Å². The van der Waals surface area contributed by atoms with E-state index in [0.29, 0.717) is 19.3 Å². The standard InChI is InChI=1S/C23H23ClF3NO2/c24-18-6-3-5-17(23(25,26)27)16(18)12-20-21(15-4-1-2-7-19(15)28-20)13-8-10-14(11-9-13)22(29)30/h3,5-6,8,14,28H,1-2,4,7,9-12H2,(H,29,30). The van der Waals surface area contributed by atoms with E-state index < -0.39 is 23.6 Å². The van der Waals surface area contributed by atoms with Gasteiger partial charge in [-0.25, -0.2) is 0 Å². The van der Waals surface area contributed by atoms with Crippen molar-refractivity contribution in [3.63, 3.8) is 0 Å². The number of benzene rings is 1. The predicted molar refractivity (Wildman–Crippen MR) is 110 cm³/mol. The molecule has 1 heterocycles. The number of carbonyl (C=O) groups is 1. The molecule has 0 spiro atoms. The highest BCUT2D eigenvalue weighted by atomic mass is 35.5. The summed E-state index contributed by atoms with van der Waals surface area (Å²) in [5.41, 5.74) is 4.41. The molecule has 1 aromatic carbocycles. The van der Waals surface area contributed by atoms with E-state index in [4.69, 9.17) is 11.6 Å². The van der Waals surface area contributed by atoms with Crippen LogP contribution in [0.25, 0.3) is 5.57 Å². The molecule has 0 radical (unpaired) electrons. The molecule has 0 amide bonds. The molecule has 4 rings (SSSR count). The number of allylic oxidation sites excluding steroid dienone is 2. The number of fused-ring (bicyclic) bond motifs is 1. The zero-order valence-electron chi connectivity index (χ0n) is 16.4. The topological polar surface area (TPSA) is 53.1 Å². The third kappa shape index (κ3) is 4.02. The van der Waals surface area contributed by atoms with E-state index in [1.165, 1.54) is 17.7 Å². The van der Waals surface area contributed by atoms with Gasteiger partial charge in [0, 0.05) is 28.4 Å². The third-order valence-electron chi connectivity index (χ3n) is 6.23. The quantitative estimate of drug-likeness (QED) is 0.579. The maximum Gasteiger partial charge on any atom is 0.416 e. The second-order valence-electron chi connectivity index (χ2n) is 8.12. The smallest absolute Gasteiger partial charge is 0.416 e. The molecule has 2 N–H and O–H groups in total. The molecule has 2 aromatic rings. The SMILES string of the molecule is O=C(O)C1CC=C(c2c(Cc3c(Cl)cccc3C(F)(F)F)[nH]c3c2CCCC3)CC1. The summed E-state index contributed by atoms with van der Waals surface area (Å²) in [5, 5.41) is 9.38. The number of carboxylic acid groups (broad SMARTS) is 1. The van der Waals surface area contributed by atoms with E-state index in [2.05, 4.69) is 4.98 Å². The minimum Gasteiger partial charge on any atom is -0.481 e. The van der Waals surface area contributed by atoms with Gasteiger partial charge >= 0.3 is 12.1 Å². The highest BCUT2D eigenvalue weighted by Crippen LogP contribution is 2.41. The van der Waals surface area contributed by atoms with Crippen molar-refractivity contribution in [2.45, 2.75) is 57.5 Å². The first-order chi connectivity index (χ1) is 14.3. The minimum atomic E-state index is -4.48. The molecule has 1 atom stereocenters. The molecule has 0 saturated carbocycles. The molecule has 1 aromatic heterocycles. The molecule has 7 heteroatoms. The van der Waals surface area contributed by atoms with Crippen LogP contribution in [0.5, 0.6) is 0 Å². The number of alkyl halides is 3. The molecule has 0 bridgehead atoms. The Morgan fingerprint density at radius 1 is 1.20 bits per heavy atom. The summed E-state index contributed by atoms with van der Waals surface area (Å²) in [6.45, 7) is 0. The zero-order valence-corrected chi connectivity index (χ0v) is 17.2. The Balaban J connectivity index is 1.78. The van der Waals surface area contributed by atoms with Crippen molar-refractivity contribution in [1.29, 1.82) is 0 Å². The van der Waals surface area contributed by atoms with Gasteiger partial charge in [0.15, 0.2) is 0 Å². The lowest BCUT2D eigenvalue weighted by Crippen LogP contribution is -2.16. The monoisotopic (exact) mass is 437 g/mol. The molecule has 0 fully saturated rings. The minimum absolute atomic E-state index is 0.0660. The second-order valence-corrected chi connectivity index (χ2v) is 8.53. The van der Waals surface area contributed by atoms with Crippen molar-refractivity contribution >= 4 is 23.1 Å². The van der Waals surface area contributed by atoms with Crippen molar-refractivity contribution in [3.8, 4) is 0 Å². The average molecular weight is 438 g/mol. The number of H-pyrrole nitrogens is 1. The van der Waals surface area contributed by atoms with Gasteiger partial charge in [-0.3, -0.25) is 4.79 Å². The molecule has 1 unspecified atom stereocenters. The molecular weight excluding hydrogens is 415 g/mol. The first kappa shape index (κ1) is 21.0. The number of aromatic nitrogens is 1. The van der Waals surface area contributed by atoms with Gasteiger partial charge in [-0.2, -0.15) is 13.2 Å². The van der Waals surface area contributed by atoms with Crippen molar-refractivity contribution in [1.82, 2.24) is 4.98 Å². The van der Waals surface area contributed by atoms with E-state index >= 15 is 0 Å². The van der Waals surface area contributed by atoms with Gasteiger partial charge in [0.1, 0.15) is 0 Å². The van der Waals surface area contributed by atoms with Crippen LogP contribution in [-0.4, -0.2) is 16.1 Å². The fourth-order valence-corrected chi connectivity index (χ4v) is 4.97. The number of halogens is 4. The first-order valence-electron chi connectivity index (χ1n) is 10.2. The van der Waals surface area contributed by atoms with Crippen LogP contribution < -0.4 is 0 Å². The Labute approximate surface area is 177 Å². The number of carboxylic acids is 1. The van der Waals surface area contributed by atoms with Crippen LogP contribution in [-0.2, 0) is 30.2 Å². The number of aliphatic carboxylic acids is 1. The van der Waals surface area contributed by atoms with Crippen LogP contribution in [0.3, 0.4) is 0 Å². The number of hydrogen-bond donors (Lipinski definition) is 2.